The Bertz CT molecular complexity index is 1890. The van der Waals surface area contributed by atoms with Crippen molar-refractivity contribution in [3.8, 4) is 16.9 Å². The first kappa shape index (κ1) is 25.7. The first-order valence-electron chi connectivity index (χ1n) is 13.8. The van der Waals surface area contributed by atoms with Gasteiger partial charge in [-0.2, -0.15) is 0 Å². The molecule has 7 nitrogen and oxygen atoms in total. The molecule has 7 rings (SSSR count). The summed E-state index contributed by atoms with van der Waals surface area (Å²) >= 11 is 1.74. The third-order valence-corrected chi connectivity index (χ3v) is 8.66. The molecular weight excluding hydrogens is 534 g/mol. The lowest BCUT2D eigenvalue weighted by Gasteiger charge is -2.27. The van der Waals surface area contributed by atoms with Crippen molar-refractivity contribution in [2.45, 2.75) is 6.54 Å². The topological polar surface area (TPSA) is 76.8 Å². The number of hydrogen-bond donors (Lipinski definition) is 1. The van der Waals surface area contributed by atoms with Crippen LogP contribution in [0.3, 0.4) is 0 Å². The standard InChI is InChI=1S/C33H29N3O4S/c37-27-20-30(36-15-18-38-19-16-36)40-32-23(5-3-6-25(27)32)24-8-9-28(31-26-4-1-2-7-29(26)41-33(24)31)39-17-14-35-21-22-10-12-34-13-11-22/h1-13,20,35H,14-19,21H2. The number of rotatable bonds is 8. The van der Waals surface area contributed by atoms with Crippen molar-refractivity contribution in [1.82, 2.24) is 10.3 Å². The molecule has 0 unspecified atom stereocenters. The number of nitrogens with one attached hydrogen (secondary N) is 1. The maximum Gasteiger partial charge on any atom is 0.200 e. The molecule has 0 radical (unpaired) electrons. The van der Waals surface area contributed by atoms with Gasteiger partial charge in [-0.05, 0) is 42.0 Å². The Balaban J connectivity index is 1.27. The summed E-state index contributed by atoms with van der Waals surface area (Å²) in [6.07, 6.45) is 3.61. The van der Waals surface area contributed by atoms with Gasteiger partial charge < -0.3 is 24.1 Å². The highest BCUT2D eigenvalue weighted by Gasteiger charge is 2.20. The van der Waals surface area contributed by atoms with Crippen LogP contribution in [0.25, 0.3) is 42.3 Å². The summed E-state index contributed by atoms with van der Waals surface area (Å²) in [5, 5.41) is 6.26. The fraction of sp³-hybridized carbons (Fsp3) is 0.212. The number of benzene rings is 3. The largest absolute Gasteiger partial charge is 0.492 e. The first-order valence-corrected chi connectivity index (χ1v) is 14.6. The molecule has 3 aromatic carbocycles. The predicted octanol–water partition coefficient (Wildman–Crippen LogP) is 6.23. The van der Waals surface area contributed by atoms with Gasteiger partial charge in [-0.15, -0.1) is 11.3 Å². The van der Waals surface area contributed by atoms with E-state index in [4.69, 9.17) is 13.9 Å². The molecule has 0 aliphatic carbocycles. The van der Waals surface area contributed by atoms with E-state index in [2.05, 4.69) is 45.5 Å². The molecule has 206 valence electrons. The van der Waals surface area contributed by atoms with Crippen LogP contribution in [0.2, 0.25) is 0 Å². The van der Waals surface area contributed by atoms with Crippen LogP contribution in [0.5, 0.6) is 5.75 Å². The average molecular weight is 564 g/mol. The van der Waals surface area contributed by atoms with Gasteiger partial charge >= 0.3 is 0 Å². The van der Waals surface area contributed by atoms with Crippen molar-refractivity contribution in [2.75, 3.05) is 44.4 Å². The Morgan fingerprint density at radius 2 is 1.76 bits per heavy atom. The third kappa shape index (κ3) is 5.06. The second-order valence-electron chi connectivity index (χ2n) is 10.0. The van der Waals surface area contributed by atoms with E-state index in [1.165, 1.54) is 10.3 Å². The van der Waals surface area contributed by atoms with Gasteiger partial charge in [0, 0.05) is 75.9 Å². The lowest BCUT2D eigenvalue weighted by atomic mass is 10.00. The van der Waals surface area contributed by atoms with Gasteiger partial charge in [0.2, 0.25) is 0 Å². The van der Waals surface area contributed by atoms with Crippen LogP contribution in [0.15, 0.2) is 94.4 Å². The SMILES string of the molecule is O=c1cc(N2CCOCC2)oc2c(-c3ccc(OCCNCc4ccncc4)c4c3sc3ccccc34)cccc12. The van der Waals surface area contributed by atoms with E-state index >= 15 is 0 Å². The highest BCUT2D eigenvalue weighted by molar-refractivity contribution is 7.26. The zero-order chi connectivity index (χ0) is 27.6. The minimum atomic E-state index is -0.0404. The zero-order valence-corrected chi connectivity index (χ0v) is 23.3. The van der Waals surface area contributed by atoms with Gasteiger partial charge in [0.25, 0.3) is 0 Å². The normalized spacial score (nSPS) is 13.8. The molecule has 0 saturated carbocycles. The molecule has 0 bridgehead atoms. The molecule has 0 spiro atoms. The summed E-state index contributed by atoms with van der Waals surface area (Å²) in [5.74, 6) is 1.44. The van der Waals surface area contributed by atoms with E-state index in [1.54, 1.807) is 29.8 Å². The number of nitrogens with zero attached hydrogens (tertiary/aromatic N) is 2. The Kier molecular flexibility index (Phi) is 7.10. The highest BCUT2D eigenvalue weighted by atomic mass is 32.1. The predicted molar refractivity (Wildman–Crippen MR) is 165 cm³/mol. The Morgan fingerprint density at radius 3 is 2.63 bits per heavy atom. The third-order valence-electron chi connectivity index (χ3n) is 7.46. The van der Waals surface area contributed by atoms with Crippen molar-refractivity contribution >= 4 is 48.4 Å². The Hall–Kier alpha value is -4.24. The van der Waals surface area contributed by atoms with Crippen LogP contribution in [-0.4, -0.2) is 44.4 Å². The molecule has 3 aromatic heterocycles. The second kappa shape index (κ2) is 11.3. The quantitative estimate of drug-likeness (QED) is 0.220. The minimum absolute atomic E-state index is 0.0404. The van der Waals surface area contributed by atoms with Crippen molar-refractivity contribution in [3.63, 3.8) is 0 Å². The van der Waals surface area contributed by atoms with Gasteiger partial charge in [-0.1, -0.05) is 30.3 Å². The molecule has 1 saturated heterocycles. The van der Waals surface area contributed by atoms with Gasteiger partial charge in [0.1, 0.15) is 17.9 Å². The zero-order valence-electron chi connectivity index (χ0n) is 22.5. The summed E-state index contributed by atoms with van der Waals surface area (Å²) in [5.41, 5.74) is 3.68. The molecule has 1 aliphatic heterocycles. The highest BCUT2D eigenvalue weighted by Crippen LogP contribution is 2.45. The number of pyridine rings is 1. The maximum absolute atomic E-state index is 13.2. The van der Waals surface area contributed by atoms with Crippen LogP contribution < -0.4 is 20.4 Å². The number of ether oxygens (including phenoxy) is 2. The van der Waals surface area contributed by atoms with Crippen LogP contribution in [0.1, 0.15) is 5.56 Å². The molecule has 0 atom stereocenters. The summed E-state index contributed by atoms with van der Waals surface area (Å²) < 4.78 is 20.6. The minimum Gasteiger partial charge on any atom is -0.492 e. The van der Waals surface area contributed by atoms with Crippen LogP contribution in [-0.2, 0) is 11.3 Å². The van der Waals surface area contributed by atoms with Gasteiger partial charge in [-0.3, -0.25) is 9.78 Å². The number of fused-ring (bicyclic) bond motifs is 4. The van der Waals surface area contributed by atoms with E-state index in [1.807, 2.05) is 36.4 Å². The summed E-state index contributed by atoms with van der Waals surface area (Å²) in [4.78, 5) is 19.4. The van der Waals surface area contributed by atoms with Crippen molar-refractivity contribution < 1.29 is 13.9 Å². The molecule has 1 aliphatic rings. The average Bonchev–Trinajstić information content (AvgIpc) is 3.42. The number of aromatic nitrogens is 1. The van der Waals surface area contributed by atoms with Crippen LogP contribution in [0, 0.1) is 0 Å². The Labute approximate surface area is 241 Å². The molecule has 41 heavy (non-hydrogen) atoms. The second-order valence-corrected chi connectivity index (χ2v) is 11.1. The smallest absolute Gasteiger partial charge is 0.200 e. The molecule has 1 N–H and O–H groups in total. The molecular formula is C33H29N3O4S. The summed E-state index contributed by atoms with van der Waals surface area (Å²) in [6, 6.07) is 24.0. The fourth-order valence-electron chi connectivity index (χ4n) is 5.41. The van der Waals surface area contributed by atoms with Crippen molar-refractivity contribution in [2.24, 2.45) is 0 Å². The number of thiophene rings is 1. The molecule has 4 heterocycles. The van der Waals surface area contributed by atoms with E-state index < -0.39 is 0 Å². The van der Waals surface area contributed by atoms with Gasteiger partial charge in [-0.25, -0.2) is 0 Å². The van der Waals surface area contributed by atoms with Crippen molar-refractivity contribution in [3.05, 3.63) is 101 Å². The summed E-state index contributed by atoms with van der Waals surface area (Å²) in [6.45, 7) is 4.64. The van der Waals surface area contributed by atoms with Crippen molar-refractivity contribution in [1.29, 1.82) is 0 Å². The number of anilines is 1. The van der Waals surface area contributed by atoms with E-state index in [9.17, 15) is 4.79 Å². The van der Waals surface area contributed by atoms with E-state index in [-0.39, 0.29) is 5.43 Å². The van der Waals surface area contributed by atoms with E-state index in [0.29, 0.717) is 56.3 Å². The van der Waals surface area contributed by atoms with Crippen LogP contribution in [0.4, 0.5) is 5.88 Å². The first-order chi connectivity index (χ1) is 20.3. The summed E-state index contributed by atoms with van der Waals surface area (Å²) in [7, 11) is 0. The molecule has 1 fully saturated rings. The molecule has 0 amide bonds. The lowest BCUT2D eigenvalue weighted by Crippen LogP contribution is -2.36. The molecule has 8 heteroatoms. The monoisotopic (exact) mass is 563 g/mol. The lowest BCUT2D eigenvalue weighted by molar-refractivity contribution is 0.121. The maximum atomic E-state index is 13.2. The molecule has 6 aromatic rings. The number of morpholine rings is 1. The van der Waals surface area contributed by atoms with Gasteiger partial charge in [0.05, 0.1) is 18.6 Å². The number of hydrogen-bond acceptors (Lipinski definition) is 8. The number of para-hydroxylation sites is 1. The van der Waals surface area contributed by atoms with E-state index in [0.717, 1.165) is 38.9 Å². The van der Waals surface area contributed by atoms with Gasteiger partial charge in [0.15, 0.2) is 11.3 Å². The Morgan fingerprint density at radius 1 is 0.927 bits per heavy atom. The fourth-order valence-corrected chi connectivity index (χ4v) is 6.66. The van der Waals surface area contributed by atoms with Crippen LogP contribution >= 0.6 is 11.3 Å².